The van der Waals surface area contributed by atoms with E-state index < -0.39 is 17.6 Å². The van der Waals surface area contributed by atoms with Gasteiger partial charge in [-0.1, -0.05) is 11.6 Å². The molecule has 30 heavy (non-hydrogen) atoms. The summed E-state index contributed by atoms with van der Waals surface area (Å²) in [4.78, 5) is 20.5. The number of hydrogen-bond donors (Lipinski definition) is 2. The summed E-state index contributed by atoms with van der Waals surface area (Å²) >= 11 is 5.81. The van der Waals surface area contributed by atoms with E-state index in [9.17, 15) is 18.0 Å². The molecule has 0 atom stereocenters. The number of benzene rings is 1. The van der Waals surface area contributed by atoms with E-state index in [-0.39, 0.29) is 22.8 Å². The highest BCUT2D eigenvalue weighted by Gasteiger charge is 2.32. The van der Waals surface area contributed by atoms with Gasteiger partial charge in [-0.15, -0.1) is 0 Å². The molecule has 0 aliphatic rings. The molecule has 10 heteroatoms. The van der Waals surface area contributed by atoms with Crippen LogP contribution in [0, 0.1) is 0 Å². The van der Waals surface area contributed by atoms with E-state index in [4.69, 9.17) is 17.3 Å². The number of aromatic nitrogens is 3. The third-order valence-electron chi connectivity index (χ3n) is 4.38. The van der Waals surface area contributed by atoms with Gasteiger partial charge in [0.05, 0.1) is 5.56 Å². The third-order valence-corrected chi connectivity index (χ3v) is 4.63. The molecule has 3 aromatic heterocycles. The zero-order valence-electron chi connectivity index (χ0n) is 15.1. The highest BCUT2D eigenvalue weighted by molar-refractivity contribution is 6.30. The van der Waals surface area contributed by atoms with Crippen LogP contribution in [0.15, 0.2) is 61.1 Å². The van der Waals surface area contributed by atoms with Gasteiger partial charge < -0.3 is 15.5 Å². The number of anilines is 2. The largest absolute Gasteiger partial charge is 0.417 e. The number of alkyl halides is 3. The van der Waals surface area contributed by atoms with Crippen molar-refractivity contribution in [1.82, 2.24) is 14.4 Å². The van der Waals surface area contributed by atoms with Crippen molar-refractivity contribution in [2.24, 2.45) is 0 Å². The first-order chi connectivity index (χ1) is 14.2. The monoisotopic (exact) mass is 431 g/mol. The summed E-state index contributed by atoms with van der Waals surface area (Å²) in [6.07, 6.45) is -0.778. The maximum Gasteiger partial charge on any atom is 0.417 e. The van der Waals surface area contributed by atoms with E-state index in [1.165, 1.54) is 28.9 Å². The molecule has 3 heterocycles. The minimum Gasteiger partial charge on any atom is -0.383 e. The number of fused-ring (bicyclic) bond motifs is 1. The third kappa shape index (κ3) is 3.79. The quantitative estimate of drug-likeness (QED) is 0.483. The van der Waals surface area contributed by atoms with Crippen molar-refractivity contribution >= 4 is 34.8 Å². The summed E-state index contributed by atoms with van der Waals surface area (Å²) in [6.45, 7) is 0. The van der Waals surface area contributed by atoms with E-state index >= 15 is 0 Å². The molecular weight excluding hydrogens is 419 g/mol. The number of nitrogens with one attached hydrogen (secondary N) is 1. The Bertz CT molecular complexity index is 1250. The number of carbonyl (C=O) groups is 1. The van der Waals surface area contributed by atoms with Crippen LogP contribution in [0.5, 0.6) is 0 Å². The van der Waals surface area contributed by atoms with Crippen molar-refractivity contribution in [3.63, 3.8) is 0 Å². The van der Waals surface area contributed by atoms with E-state index in [2.05, 4.69) is 15.3 Å². The first-order valence-corrected chi connectivity index (χ1v) is 8.98. The van der Waals surface area contributed by atoms with Crippen LogP contribution in [0.3, 0.4) is 0 Å². The molecule has 0 aliphatic heterocycles. The van der Waals surface area contributed by atoms with Crippen LogP contribution in [0.1, 0.15) is 15.9 Å². The molecule has 6 nitrogen and oxygen atoms in total. The zero-order valence-corrected chi connectivity index (χ0v) is 15.9. The smallest absolute Gasteiger partial charge is 0.383 e. The highest BCUT2D eigenvalue weighted by atomic mass is 35.5. The van der Waals surface area contributed by atoms with Crippen molar-refractivity contribution in [2.45, 2.75) is 6.18 Å². The second kappa shape index (κ2) is 7.34. The predicted octanol–water partition coefficient (Wildman–Crippen LogP) is 4.90. The minimum absolute atomic E-state index is 0.0480. The fourth-order valence-corrected chi connectivity index (χ4v) is 3.07. The van der Waals surface area contributed by atoms with Crippen molar-refractivity contribution in [2.75, 3.05) is 11.1 Å². The van der Waals surface area contributed by atoms with Gasteiger partial charge in [0.1, 0.15) is 17.3 Å². The van der Waals surface area contributed by atoms with Crippen LogP contribution in [-0.4, -0.2) is 20.3 Å². The number of nitrogen functional groups attached to an aromatic ring is 1. The number of halogens is 4. The lowest BCUT2D eigenvalue weighted by Gasteiger charge is -2.13. The number of nitrogens with two attached hydrogens (primary N) is 1. The van der Waals surface area contributed by atoms with Gasteiger partial charge in [0.2, 0.25) is 0 Å². The predicted molar refractivity (Wildman–Crippen MR) is 107 cm³/mol. The van der Waals surface area contributed by atoms with Crippen molar-refractivity contribution < 1.29 is 18.0 Å². The molecule has 0 saturated carbocycles. The Morgan fingerprint density at radius 2 is 1.83 bits per heavy atom. The van der Waals surface area contributed by atoms with Crippen LogP contribution < -0.4 is 11.1 Å². The molecule has 3 N–H and O–H groups in total. The molecule has 0 unspecified atom stereocenters. The fourth-order valence-electron chi connectivity index (χ4n) is 2.95. The first-order valence-electron chi connectivity index (χ1n) is 8.60. The molecule has 0 spiro atoms. The van der Waals surface area contributed by atoms with Crippen LogP contribution in [0.25, 0.3) is 16.8 Å². The van der Waals surface area contributed by atoms with E-state index in [1.54, 1.807) is 24.3 Å². The van der Waals surface area contributed by atoms with Gasteiger partial charge in [-0.3, -0.25) is 4.79 Å². The molecular formula is C20H13ClF3N5O. The lowest BCUT2D eigenvalue weighted by molar-refractivity contribution is -0.137. The molecule has 0 aliphatic carbocycles. The van der Waals surface area contributed by atoms with Crippen LogP contribution in [-0.2, 0) is 6.18 Å². The van der Waals surface area contributed by atoms with Gasteiger partial charge in [-0.05, 0) is 42.5 Å². The Morgan fingerprint density at radius 1 is 1.10 bits per heavy atom. The standard InChI is InChI=1S/C20H13ClF3N5O/c21-13-3-1-11(2-4-13)19(30)28-16-6-5-14(17(25)27-16)15-9-12(20(22,23)24)10-29-8-7-26-18(15)29/h1-10H,(H3,25,27,28,30). The molecule has 4 aromatic rings. The van der Waals surface area contributed by atoms with Crippen molar-refractivity contribution in [1.29, 1.82) is 0 Å². The number of nitrogens with zero attached hydrogens (tertiary/aromatic N) is 3. The molecule has 0 fully saturated rings. The number of hydrogen-bond acceptors (Lipinski definition) is 4. The summed E-state index contributed by atoms with van der Waals surface area (Å²) in [5.41, 5.74) is 6.27. The summed E-state index contributed by atoms with van der Waals surface area (Å²) in [7, 11) is 0. The van der Waals surface area contributed by atoms with Crippen LogP contribution in [0.4, 0.5) is 24.8 Å². The Hall–Kier alpha value is -3.59. The molecule has 0 radical (unpaired) electrons. The topological polar surface area (TPSA) is 85.3 Å². The van der Waals surface area contributed by atoms with E-state index in [0.717, 1.165) is 12.3 Å². The van der Waals surface area contributed by atoms with Gasteiger partial charge in [0.25, 0.3) is 5.91 Å². The first kappa shape index (κ1) is 19.7. The number of amides is 1. The summed E-state index contributed by atoms with van der Waals surface area (Å²) in [5.74, 6) is -0.322. The minimum atomic E-state index is -4.54. The summed E-state index contributed by atoms with van der Waals surface area (Å²) < 4.78 is 41.1. The molecule has 0 saturated heterocycles. The lowest BCUT2D eigenvalue weighted by Crippen LogP contribution is -2.13. The summed E-state index contributed by atoms with van der Waals surface area (Å²) in [6, 6.07) is 10.2. The number of pyridine rings is 2. The average Bonchev–Trinajstić information content (AvgIpc) is 3.16. The average molecular weight is 432 g/mol. The van der Waals surface area contributed by atoms with Gasteiger partial charge in [0, 0.05) is 40.3 Å². The maximum atomic E-state index is 13.3. The van der Waals surface area contributed by atoms with Crippen molar-refractivity contribution in [3.05, 3.63) is 77.2 Å². The second-order valence-corrected chi connectivity index (χ2v) is 6.83. The normalized spacial score (nSPS) is 11.6. The lowest BCUT2D eigenvalue weighted by atomic mass is 10.1. The fraction of sp³-hybridized carbons (Fsp3) is 0.0500. The Kier molecular flexibility index (Phi) is 4.83. The molecule has 1 amide bonds. The van der Waals surface area contributed by atoms with Gasteiger partial charge in [-0.25, -0.2) is 9.97 Å². The summed E-state index contributed by atoms with van der Waals surface area (Å²) in [5, 5.41) is 3.08. The van der Waals surface area contributed by atoms with Crippen LogP contribution >= 0.6 is 11.6 Å². The number of carbonyl (C=O) groups excluding carboxylic acids is 1. The van der Waals surface area contributed by atoms with Gasteiger partial charge in [0.15, 0.2) is 0 Å². The Balaban J connectivity index is 1.69. The Labute approximate surface area is 173 Å². The SMILES string of the molecule is Nc1nc(NC(=O)c2ccc(Cl)cc2)ccc1-c1cc(C(F)(F)F)cn2ccnc12. The highest BCUT2D eigenvalue weighted by Crippen LogP contribution is 2.35. The van der Waals surface area contributed by atoms with Gasteiger partial charge >= 0.3 is 6.18 Å². The number of rotatable bonds is 3. The van der Waals surface area contributed by atoms with Crippen molar-refractivity contribution in [3.8, 4) is 11.1 Å². The molecule has 0 bridgehead atoms. The molecule has 152 valence electrons. The molecule has 4 rings (SSSR count). The maximum absolute atomic E-state index is 13.3. The van der Waals surface area contributed by atoms with Gasteiger partial charge in [-0.2, -0.15) is 13.2 Å². The Morgan fingerprint density at radius 3 is 2.50 bits per heavy atom. The zero-order chi connectivity index (χ0) is 21.5. The van der Waals surface area contributed by atoms with E-state index in [0.29, 0.717) is 16.2 Å². The second-order valence-electron chi connectivity index (χ2n) is 6.39. The number of imidazole rings is 1. The van der Waals surface area contributed by atoms with E-state index in [1.807, 2.05) is 0 Å². The molecule has 1 aromatic carbocycles. The van der Waals surface area contributed by atoms with Crippen LogP contribution in [0.2, 0.25) is 5.02 Å².